The summed E-state index contributed by atoms with van der Waals surface area (Å²) in [6.07, 6.45) is 5.12. The fraction of sp³-hybridized carbons (Fsp3) is 0.565. The van der Waals surface area contributed by atoms with E-state index in [-0.39, 0.29) is 5.91 Å². The number of carbonyl (C=O) groups excluding carboxylic acids is 1. The van der Waals surface area contributed by atoms with Gasteiger partial charge in [0.15, 0.2) is 5.69 Å². The molecule has 29 heavy (non-hydrogen) atoms. The quantitative estimate of drug-likeness (QED) is 0.842. The van der Waals surface area contributed by atoms with Gasteiger partial charge in [-0.25, -0.2) is 0 Å². The minimum atomic E-state index is 0.00495. The van der Waals surface area contributed by atoms with E-state index in [4.69, 9.17) is 0 Å². The van der Waals surface area contributed by atoms with Crippen molar-refractivity contribution in [2.75, 3.05) is 26.7 Å². The number of benzene rings is 1. The van der Waals surface area contributed by atoms with E-state index in [2.05, 4.69) is 10.00 Å². The van der Waals surface area contributed by atoms with Crippen LogP contribution in [0.1, 0.15) is 46.6 Å². The van der Waals surface area contributed by atoms with E-state index in [9.17, 15) is 9.90 Å². The molecule has 1 saturated heterocycles. The Bertz CT molecular complexity index is 840. The van der Waals surface area contributed by atoms with E-state index >= 15 is 0 Å². The summed E-state index contributed by atoms with van der Waals surface area (Å²) in [7, 11) is 3.82. The van der Waals surface area contributed by atoms with Gasteiger partial charge in [-0.15, -0.1) is 0 Å². The molecule has 0 bridgehead atoms. The van der Waals surface area contributed by atoms with Crippen LogP contribution in [0.15, 0.2) is 30.3 Å². The van der Waals surface area contributed by atoms with Crippen LogP contribution >= 0.6 is 0 Å². The van der Waals surface area contributed by atoms with Crippen molar-refractivity contribution in [1.82, 2.24) is 19.6 Å². The molecule has 1 amide bonds. The van der Waals surface area contributed by atoms with Crippen molar-refractivity contribution in [1.29, 1.82) is 0 Å². The Morgan fingerprint density at radius 3 is 2.62 bits per heavy atom. The van der Waals surface area contributed by atoms with Crippen LogP contribution < -0.4 is 0 Å². The van der Waals surface area contributed by atoms with Gasteiger partial charge in [-0.3, -0.25) is 9.48 Å². The predicted molar refractivity (Wildman–Crippen MR) is 113 cm³/mol. The van der Waals surface area contributed by atoms with Crippen molar-refractivity contribution in [3.8, 4) is 0 Å². The molecular formula is C23H32N4O2. The highest BCUT2D eigenvalue weighted by Crippen LogP contribution is 2.30. The molecule has 6 nitrogen and oxygen atoms in total. The third kappa shape index (κ3) is 4.23. The zero-order chi connectivity index (χ0) is 20.4. The number of hydrogen-bond donors (Lipinski definition) is 1. The summed E-state index contributed by atoms with van der Waals surface area (Å²) in [5, 5.41) is 14.0. The Morgan fingerprint density at radius 2 is 1.93 bits per heavy atom. The second kappa shape index (κ2) is 8.67. The molecule has 0 unspecified atom stereocenters. The molecule has 1 aliphatic carbocycles. The second-order valence-electron chi connectivity index (χ2n) is 8.60. The largest absolute Gasteiger partial charge is 0.396 e. The van der Waals surface area contributed by atoms with Crippen molar-refractivity contribution in [2.24, 2.45) is 13.0 Å². The number of aromatic nitrogens is 2. The number of rotatable bonds is 5. The zero-order valence-electron chi connectivity index (χ0n) is 17.5. The maximum absolute atomic E-state index is 13.2. The van der Waals surface area contributed by atoms with Gasteiger partial charge in [0.2, 0.25) is 0 Å². The third-order valence-corrected chi connectivity index (χ3v) is 6.66. The number of piperidine rings is 1. The van der Waals surface area contributed by atoms with E-state index in [0.717, 1.165) is 56.3 Å². The molecule has 2 aromatic rings. The fourth-order valence-electron chi connectivity index (χ4n) is 4.86. The van der Waals surface area contributed by atoms with Crippen LogP contribution in [0.3, 0.4) is 0 Å². The number of amides is 1. The maximum Gasteiger partial charge on any atom is 0.274 e. The van der Waals surface area contributed by atoms with Crippen LogP contribution in [0.5, 0.6) is 0 Å². The fourth-order valence-corrected chi connectivity index (χ4v) is 4.86. The predicted octanol–water partition coefficient (Wildman–Crippen LogP) is 2.25. The van der Waals surface area contributed by atoms with Gasteiger partial charge < -0.3 is 14.9 Å². The number of fused-ring (bicyclic) bond motifs is 1. The minimum absolute atomic E-state index is 0.00495. The highest BCUT2D eigenvalue weighted by molar-refractivity contribution is 5.94. The van der Waals surface area contributed by atoms with Crippen LogP contribution in [0.2, 0.25) is 0 Å². The molecule has 1 fully saturated rings. The molecule has 2 heterocycles. The van der Waals surface area contributed by atoms with Gasteiger partial charge in [-0.1, -0.05) is 30.3 Å². The normalized spacial score (nSPS) is 20.4. The SMILES string of the molecule is CN(Cc1ccccc1)C(=O)c1nn(C)c2c1C[C@H](N1CCC(CO)CC1)CC2. The molecule has 6 heteroatoms. The highest BCUT2D eigenvalue weighted by Gasteiger charge is 2.33. The first-order valence-electron chi connectivity index (χ1n) is 10.8. The molecule has 1 aromatic carbocycles. The molecule has 1 atom stereocenters. The minimum Gasteiger partial charge on any atom is -0.396 e. The average Bonchev–Trinajstić information content (AvgIpc) is 3.09. The van der Waals surface area contributed by atoms with Crippen LogP contribution in [0.25, 0.3) is 0 Å². The standard InChI is InChI=1S/C23H32N4O2/c1-25(15-17-6-4-3-5-7-17)23(29)22-20-14-19(8-9-21(20)26(2)24-22)27-12-10-18(16-28)11-13-27/h3-7,18-19,28H,8-16H2,1-2H3/t19-/m1/s1. The average molecular weight is 397 g/mol. The molecule has 4 rings (SSSR count). The van der Waals surface area contributed by atoms with Gasteiger partial charge in [0.1, 0.15) is 0 Å². The van der Waals surface area contributed by atoms with E-state index in [1.807, 2.05) is 49.1 Å². The molecule has 156 valence electrons. The van der Waals surface area contributed by atoms with E-state index < -0.39 is 0 Å². The van der Waals surface area contributed by atoms with Gasteiger partial charge >= 0.3 is 0 Å². The van der Waals surface area contributed by atoms with E-state index in [0.29, 0.717) is 30.8 Å². The molecule has 0 radical (unpaired) electrons. The topological polar surface area (TPSA) is 61.6 Å². The van der Waals surface area contributed by atoms with Crippen LogP contribution in [-0.4, -0.2) is 63.4 Å². The molecule has 0 spiro atoms. The molecule has 1 aliphatic heterocycles. The lowest BCUT2D eigenvalue weighted by Gasteiger charge is -2.39. The van der Waals surface area contributed by atoms with Crippen molar-refractivity contribution in [3.63, 3.8) is 0 Å². The number of aliphatic hydroxyl groups is 1. The number of likely N-dealkylation sites (tertiary alicyclic amines) is 1. The Hall–Kier alpha value is -2.18. The molecule has 1 aromatic heterocycles. The smallest absolute Gasteiger partial charge is 0.274 e. The second-order valence-corrected chi connectivity index (χ2v) is 8.60. The van der Waals surface area contributed by atoms with Gasteiger partial charge in [0.25, 0.3) is 5.91 Å². The Labute approximate surface area is 173 Å². The first kappa shape index (κ1) is 20.1. The summed E-state index contributed by atoms with van der Waals surface area (Å²) in [5.41, 5.74) is 4.09. The summed E-state index contributed by atoms with van der Waals surface area (Å²) < 4.78 is 1.91. The Balaban J connectivity index is 1.48. The number of nitrogens with zero attached hydrogens (tertiary/aromatic N) is 4. The summed E-state index contributed by atoms with van der Waals surface area (Å²) in [5.74, 6) is 0.456. The molecule has 0 saturated carbocycles. The van der Waals surface area contributed by atoms with Gasteiger partial charge in [0, 0.05) is 44.5 Å². The lowest BCUT2D eigenvalue weighted by Crippen LogP contribution is -2.45. The van der Waals surface area contributed by atoms with Crippen molar-refractivity contribution in [3.05, 3.63) is 52.8 Å². The summed E-state index contributed by atoms with van der Waals surface area (Å²) in [4.78, 5) is 17.5. The zero-order valence-corrected chi connectivity index (χ0v) is 17.5. The lowest BCUT2D eigenvalue weighted by molar-refractivity contribution is 0.0773. The number of aryl methyl sites for hydroxylation is 1. The Morgan fingerprint density at radius 1 is 1.21 bits per heavy atom. The summed E-state index contributed by atoms with van der Waals surface area (Å²) in [6.45, 7) is 2.98. The Kier molecular flexibility index (Phi) is 6.01. The molecule has 1 N–H and O–H groups in total. The maximum atomic E-state index is 13.2. The third-order valence-electron chi connectivity index (χ3n) is 6.66. The first-order valence-corrected chi connectivity index (χ1v) is 10.8. The van der Waals surface area contributed by atoms with Crippen molar-refractivity contribution >= 4 is 5.91 Å². The number of hydrogen-bond acceptors (Lipinski definition) is 4. The summed E-state index contributed by atoms with van der Waals surface area (Å²) >= 11 is 0. The van der Waals surface area contributed by atoms with Crippen molar-refractivity contribution < 1.29 is 9.90 Å². The molecule has 2 aliphatic rings. The van der Waals surface area contributed by atoms with Crippen molar-refractivity contribution in [2.45, 2.75) is 44.7 Å². The first-order chi connectivity index (χ1) is 14.1. The number of aliphatic hydroxyl groups excluding tert-OH is 1. The summed E-state index contributed by atoms with van der Waals surface area (Å²) in [6, 6.07) is 10.6. The highest BCUT2D eigenvalue weighted by atomic mass is 16.3. The van der Waals surface area contributed by atoms with E-state index in [1.165, 1.54) is 5.69 Å². The van der Waals surface area contributed by atoms with Gasteiger partial charge in [0.05, 0.1) is 0 Å². The van der Waals surface area contributed by atoms with Crippen LogP contribution in [0.4, 0.5) is 0 Å². The van der Waals surface area contributed by atoms with E-state index in [1.54, 1.807) is 4.90 Å². The van der Waals surface area contributed by atoms with Gasteiger partial charge in [-0.2, -0.15) is 5.10 Å². The van der Waals surface area contributed by atoms with Gasteiger partial charge in [-0.05, 0) is 56.7 Å². The van der Waals surface area contributed by atoms with Crippen LogP contribution in [0, 0.1) is 5.92 Å². The monoisotopic (exact) mass is 396 g/mol. The number of carbonyl (C=O) groups is 1. The lowest BCUT2D eigenvalue weighted by atomic mass is 9.88. The van der Waals surface area contributed by atoms with Crippen LogP contribution in [-0.2, 0) is 26.4 Å². The molecular weight excluding hydrogens is 364 g/mol.